The smallest absolute Gasteiger partial charge is 0.0885 e. The van der Waals surface area contributed by atoms with Crippen molar-refractivity contribution in [1.82, 2.24) is 14.5 Å². The lowest BCUT2D eigenvalue weighted by molar-refractivity contribution is 0.00939. The Balaban J connectivity index is 1.43. The molecule has 3 heterocycles. The highest BCUT2D eigenvalue weighted by Crippen LogP contribution is 2.31. The Morgan fingerprint density at radius 1 is 1.14 bits per heavy atom. The molecular weight excluding hydrogens is 274 g/mol. The summed E-state index contributed by atoms with van der Waals surface area (Å²) >= 11 is 0. The van der Waals surface area contributed by atoms with Crippen molar-refractivity contribution >= 4 is 0 Å². The third-order valence-corrected chi connectivity index (χ3v) is 4.62. The first-order chi connectivity index (χ1) is 10.9. The average molecular weight is 297 g/mol. The number of ether oxygens (including phenoxy) is 1. The van der Waals surface area contributed by atoms with Gasteiger partial charge in [-0.2, -0.15) is 0 Å². The Morgan fingerprint density at radius 2 is 2.00 bits per heavy atom. The molecule has 0 amide bonds. The number of rotatable bonds is 5. The summed E-state index contributed by atoms with van der Waals surface area (Å²) in [6, 6.07) is 8.44. The molecule has 1 saturated carbocycles. The Hall–Kier alpha value is -1.65. The molecule has 4 nitrogen and oxygen atoms in total. The summed E-state index contributed by atoms with van der Waals surface area (Å²) in [5.74, 6) is 0.919. The fourth-order valence-electron chi connectivity index (χ4n) is 3.23. The molecule has 1 fully saturated rings. The van der Waals surface area contributed by atoms with Crippen molar-refractivity contribution in [2.24, 2.45) is 5.92 Å². The van der Waals surface area contributed by atoms with Crippen molar-refractivity contribution in [3.05, 3.63) is 54.1 Å². The number of nitrogens with zero attached hydrogens (tertiary/aromatic N) is 3. The van der Waals surface area contributed by atoms with Crippen LogP contribution in [0.1, 0.15) is 24.1 Å². The van der Waals surface area contributed by atoms with Gasteiger partial charge in [-0.3, -0.25) is 9.88 Å². The largest absolute Gasteiger partial charge is 0.370 e. The highest BCUT2D eigenvalue weighted by molar-refractivity contribution is 5.10. The molecule has 0 bridgehead atoms. The van der Waals surface area contributed by atoms with Crippen LogP contribution < -0.4 is 0 Å². The van der Waals surface area contributed by atoms with Crippen molar-refractivity contribution < 1.29 is 4.74 Å². The van der Waals surface area contributed by atoms with Crippen LogP contribution in [0.15, 0.2) is 42.9 Å². The van der Waals surface area contributed by atoms with E-state index in [1.165, 1.54) is 30.6 Å². The Kier molecular flexibility index (Phi) is 3.95. The molecular formula is C18H23N3O. The number of pyridine rings is 1. The molecule has 0 aromatic carbocycles. The molecule has 0 spiro atoms. The van der Waals surface area contributed by atoms with Gasteiger partial charge < -0.3 is 9.30 Å². The minimum Gasteiger partial charge on any atom is -0.370 e. The standard InChI is InChI=1S/C18H23N3O/c1-2-17-11-20(10-15-3-4-15)12-18(13-21(17)9-1)22-14-16-5-7-19-8-6-16/h1-2,5-9,15,18H,3-4,10-14H2/t18-/m1/s1. The lowest BCUT2D eigenvalue weighted by Gasteiger charge is -2.24. The van der Waals surface area contributed by atoms with E-state index in [0.717, 1.165) is 25.6 Å². The van der Waals surface area contributed by atoms with Crippen molar-refractivity contribution in [2.75, 3.05) is 13.1 Å². The van der Waals surface area contributed by atoms with Gasteiger partial charge in [0, 0.05) is 50.5 Å². The van der Waals surface area contributed by atoms with Gasteiger partial charge in [-0.05, 0) is 48.6 Å². The predicted molar refractivity (Wildman–Crippen MR) is 85.2 cm³/mol. The minimum atomic E-state index is 0.251. The molecule has 1 aliphatic carbocycles. The molecule has 1 aliphatic heterocycles. The van der Waals surface area contributed by atoms with Gasteiger partial charge in [-0.1, -0.05) is 0 Å². The van der Waals surface area contributed by atoms with Crippen LogP contribution in [0.25, 0.3) is 0 Å². The first-order valence-electron chi connectivity index (χ1n) is 8.24. The average Bonchev–Trinajstić information content (AvgIpc) is 3.28. The maximum atomic E-state index is 6.22. The van der Waals surface area contributed by atoms with Gasteiger partial charge in [0.1, 0.15) is 0 Å². The summed E-state index contributed by atoms with van der Waals surface area (Å²) in [6.45, 7) is 4.93. The van der Waals surface area contributed by atoms with E-state index in [4.69, 9.17) is 4.74 Å². The van der Waals surface area contributed by atoms with E-state index in [-0.39, 0.29) is 6.10 Å². The molecule has 2 aromatic heterocycles. The molecule has 22 heavy (non-hydrogen) atoms. The lowest BCUT2D eigenvalue weighted by Crippen LogP contribution is -2.34. The zero-order valence-corrected chi connectivity index (χ0v) is 12.9. The van der Waals surface area contributed by atoms with Crippen LogP contribution in [-0.2, 0) is 24.4 Å². The topological polar surface area (TPSA) is 30.3 Å². The molecule has 2 aromatic rings. The van der Waals surface area contributed by atoms with Gasteiger partial charge in [-0.15, -0.1) is 0 Å². The Labute approximate surface area is 131 Å². The Bertz CT molecular complexity index is 606. The molecule has 0 radical (unpaired) electrons. The van der Waals surface area contributed by atoms with Crippen LogP contribution in [-0.4, -0.2) is 33.6 Å². The van der Waals surface area contributed by atoms with Gasteiger partial charge in [0.05, 0.1) is 12.7 Å². The highest BCUT2D eigenvalue weighted by Gasteiger charge is 2.28. The van der Waals surface area contributed by atoms with Crippen molar-refractivity contribution in [3.8, 4) is 0 Å². The second-order valence-electron chi connectivity index (χ2n) is 6.58. The van der Waals surface area contributed by atoms with E-state index < -0.39 is 0 Å². The molecule has 4 rings (SSSR count). The van der Waals surface area contributed by atoms with Crippen LogP contribution in [0.4, 0.5) is 0 Å². The molecule has 1 atom stereocenters. The van der Waals surface area contributed by atoms with E-state index in [9.17, 15) is 0 Å². The van der Waals surface area contributed by atoms with Gasteiger partial charge >= 0.3 is 0 Å². The number of fused-ring (bicyclic) bond motifs is 1. The van der Waals surface area contributed by atoms with E-state index in [1.807, 2.05) is 24.5 Å². The normalized spacial score (nSPS) is 22.3. The summed E-state index contributed by atoms with van der Waals surface area (Å²) in [6.07, 6.45) is 8.89. The second-order valence-corrected chi connectivity index (χ2v) is 6.58. The van der Waals surface area contributed by atoms with Crippen LogP contribution in [0.3, 0.4) is 0 Å². The monoisotopic (exact) mass is 297 g/mol. The van der Waals surface area contributed by atoms with E-state index in [2.05, 4.69) is 32.8 Å². The maximum absolute atomic E-state index is 6.22. The molecule has 4 heteroatoms. The first-order valence-corrected chi connectivity index (χ1v) is 8.24. The van der Waals surface area contributed by atoms with E-state index in [0.29, 0.717) is 6.61 Å². The highest BCUT2D eigenvalue weighted by atomic mass is 16.5. The zero-order valence-electron chi connectivity index (χ0n) is 12.9. The molecule has 2 aliphatic rings. The van der Waals surface area contributed by atoms with Gasteiger partial charge in [-0.25, -0.2) is 0 Å². The summed E-state index contributed by atoms with van der Waals surface area (Å²) < 4.78 is 8.57. The third kappa shape index (κ3) is 3.39. The third-order valence-electron chi connectivity index (χ3n) is 4.62. The fraction of sp³-hybridized carbons (Fsp3) is 0.500. The zero-order chi connectivity index (χ0) is 14.8. The van der Waals surface area contributed by atoms with Crippen LogP contribution in [0, 0.1) is 5.92 Å². The van der Waals surface area contributed by atoms with Gasteiger partial charge in [0.2, 0.25) is 0 Å². The SMILES string of the molecule is c1cc2n(c1)C[C@H](OCc1ccncc1)CN(CC1CC1)C2. The van der Waals surface area contributed by atoms with Crippen molar-refractivity contribution in [3.63, 3.8) is 0 Å². The molecule has 0 N–H and O–H groups in total. The molecule has 116 valence electrons. The van der Waals surface area contributed by atoms with Crippen LogP contribution >= 0.6 is 0 Å². The first kappa shape index (κ1) is 14.0. The summed E-state index contributed by atoms with van der Waals surface area (Å²) in [7, 11) is 0. The number of hydrogen-bond acceptors (Lipinski definition) is 3. The number of hydrogen-bond donors (Lipinski definition) is 0. The van der Waals surface area contributed by atoms with Crippen LogP contribution in [0.2, 0.25) is 0 Å². The quantitative estimate of drug-likeness (QED) is 0.850. The van der Waals surface area contributed by atoms with Gasteiger partial charge in [0.15, 0.2) is 0 Å². The Morgan fingerprint density at radius 3 is 2.82 bits per heavy atom. The molecule has 0 unspecified atom stereocenters. The summed E-state index contributed by atoms with van der Waals surface area (Å²) in [5, 5.41) is 0. The van der Waals surface area contributed by atoms with Gasteiger partial charge in [0.25, 0.3) is 0 Å². The number of aromatic nitrogens is 2. The van der Waals surface area contributed by atoms with E-state index in [1.54, 1.807) is 0 Å². The predicted octanol–water partition coefficient (Wildman–Crippen LogP) is 2.69. The van der Waals surface area contributed by atoms with Crippen LogP contribution in [0.5, 0.6) is 0 Å². The maximum Gasteiger partial charge on any atom is 0.0885 e. The summed E-state index contributed by atoms with van der Waals surface area (Å²) in [5.41, 5.74) is 2.61. The second kappa shape index (κ2) is 6.23. The molecule has 0 saturated heterocycles. The van der Waals surface area contributed by atoms with E-state index >= 15 is 0 Å². The summed E-state index contributed by atoms with van der Waals surface area (Å²) in [4.78, 5) is 6.64. The minimum absolute atomic E-state index is 0.251. The van der Waals surface area contributed by atoms with Crippen molar-refractivity contribution in [2.45, 2.75) is 38.6 Å². The van der Waals surface area contributed by atoms with Crippen molar-refractivity contribution in [1.29, 1.82) is 0 Å². The lowest BCUT2D eigenvalue weighted by atomic mass is 10.2. The fourth-order valence-corrected chi connectivity index (χ4v) is 3.23.